The molecule has 1 N–H and O–H groups in total. The first-order valence-electron chi connectivity index (χ1n) is 10.5. The van der Waals surface area contributed by atoms with Crippen molar-refractivity contribution >= 4 is 34.0 Å². The zero-order valence-corrected chi connectivity index (χ0v) is 19.6. The average Bonchev–Trinajstić information content (AvgIpc) is 3.16. The monoisotopic (exact) mass is 463 g/mol. The second-order valence-electron chi connectivity index (χ2n) is 7.59. The van der Waals surface area contributed by atoms with E-state index < -0.39 is 0 Å². The van der Waals surface area contributed by atoms with Crippen molar-refractivity contribution in [3.8, 4) is 11.8 Å². The molecule has 0 bridgehead atoms. The van der Waals surface area contributed by atoms with Crippen molar-refractivity contribution < 1.29 is 9.53 Å². The largest absolute Gasteiger partial charge is 0.497 e. The third-order valence-corrected chi connectivity index (χ3v) is 7.55. The van der Waals surface area contributed by atoms with Crippen LogP contribution in [-0.4, -0.2) is 30.2 Å². The van der Waals surface area contributed by atoms with Crippen LogP contribution in [0.2, 0.25) is 0 Å². The van der Waals surface area contributed by atoms with E-state index in [1.54, 1.807) is 30.2 Å². The van der Waals surface area contributed by atoms with E-state index in [2.05, 4.69) is 40.6 Å². The predicted molar refractivity (Wildman–Crippen MR) is 130 cm³/mol. The van der Waals surface area contributed by atoms with E-state index in [0.29, 0.717) is 22.7 Å². The number of nitrogens with one attached hydrogen (secondary N) is 1. The molecule has 0 unspecified atom stereocenters. The topological polar surface area (TPSA) is 65.4 Å². The first-order chi connectivity index (χ1) is 15.7. The van der Waals surface area contributed by atoms with Crippen molar-refractivity contribution in [3.05, 3.63) is 76.2 Å². The number of hydrogen-bond donors (Lipinski definition) is 1. The van der Waals surface area contributed by atoms with Gasteiger partial charge >= 0.3 is 0 Å². The lowest BCUT2D eigenvalue weighted by atomic mass is 10.0. The van der Waals surface area contributed by atoms with Gasteiger partial charge in [0, 0.05) is 41.6 Å². The van der Waals surface area contributed by atoms with Crippen LogP contribution in [0, 0.1) is 11.3 Å². The second kappa shape index (κ2) is 10.7. The van der Waals surface area contributed by atoms with E-state index in [-0.39, 0.29) is 5.91 Å². The van der Waals surface area contributed by atoms with E-state index in [1.165, 1.54) is 10.4 Å². The van der Waals surface area contributed by atoms with Gasteiger partial charge in [-0.15, -0.1) is 23.1 Å². The molecule has 0 aliphatic carbocycles. The Labute approximate surface area is 197 Å². The number of nitrogens with zero attached hydrogens (tertiary/aromatic N) is 2. The van der Waals surface area contributed by atoms with Crippen LogP contribution < -0.4 is 10.1 Å². The summed E-state index contributed by atoms with van der Waals surface area (Å²) in [6.45, 7) is 2.62. The highest BCUT2D eigenvalue weighted by Gasteiger charge is 2.25. The Balaban J connectivity index is 1.34. The number of methoxy groups -OCH3 is 1. The summed E-state index contributed by atoms with van der Waals surface area (Å²) in [6.07, 6.45) is 1.23. The van der Waals surface area contributed by atoms with Crippen molar-refractivity contribution in [2.75, 3.05) is 24.7 Å². The molecule has 2 aromatic carbocycles. The summed E-state index contributed by atoms with van der Waals surface area (Å²) < 4.78 is 5.17. The van der Waals surface area contributed by atoms with Crippen LogP contribution in [0.1, 0.15) is 28.0 Å². The van der Waals surface area contributed by atoms with Gasteiger partial charge in [-0.05, 0) is 41.8 Å². The molecule has 0 radical (unpaired) electrons. The summed E-state index contributed by atoms with van der Waals surface area (Å²) in [5.74, 6) is 1.44. The average molecular weight is 464 g/mol. The van der Waals surface area contributed by atoms with Gasteiger partial charge in [0.05, 0.1) is 12.7 Å². The van der Waals surface area contributed by atoms with Gasteiger partial charge in [0.25, 0.3) is 0 Å². The standard InChI is InChI=1S/C25H25N3O2S2/c1-30-19-7-9-20(10-8-19)31-14-12-24(29)27-25-22(15-26)21-11-13-28(17-23(21)32-25)16-18-5-3-2-4-6-18/h2-10H,11-14,16-17H2,1H3,(H,27,29). The number of anilines is 1. The van der Waals surface area contributed by atoms with Gasteiger partial charge in [0.15, 0.2) is 0 Å². The normalized spacial score (nSPS) is 13.2. The summed E-state index contributed by atoms with van der Waals surface area (Å²) in [4.78, 5) is 17.2. The lowest BCUT2D eigenvalue weighted by molar-refractivity contribution is -0.115. The summed E-state index contributed by atoms with van der Waals surface area (Å²) >= 11 is 3.18. The molecule has 0 saturated heterocycles. The number of nitriles is 1. The molecule has 1 amide bonds. The lowest BCUT2D eigenvalue weighted by Gasteiger charge is -2.26. The van der Waals surface area contributed by atoms with Gasteiger partial charge in [-0.25, -0.2) is 0 Å². The van der Waals surface area contributed by atoms with Crippen LogP contribution in [-0.2, 0) is 24.3 Å². The number of benzene rings is 2. The van der Waals surface area contributed by atoms with E-state index in [1.807, 2.05) is 30.3 Å². The van der Waals surface area contributed by atoms with Crippen molar-refractivity contribution in [2.45, 2.75) is 30.8 Å². The predicted octanol–water partition coefficient (Wildman–Crippen LogP) is 5.31. The Morgan fingerprint density at radius 3 is 2.72 bits per heavy atom. The van der Waals surface area contributed by atoms with Crippen molar-refractivity contribution in [1.29, 1.82) is 5.26 Å². The number of amides is 1. The van der Waals surface area contributed by atoms with Gasteiger partial charge in [0.1, 0.15) is 16.8 Å². The summed E-state index contributed by atoms with van der Waals surface area (Å²) in [7, 11) is 1.64. The van der Waals surface area contributed by atoms with Gasteiger partial charge in [-0.1, -0.05) is 30.3 Å². The van der Waals surface area contributed by atoms with Gasteiger partial charge in [0.2, 0.25) is 5.91 Å². The smallest absolute Gasteiger partial charge is 0.225 e. The van der Waals surface area contributed by atoms with Crippen molar-refractivity contribution in [2.24, 2.45) is 0 Å². The molecule has 1 aliphatic rings. The Morgan fingerprint density at radius 1 is 1.22 bits per heavy atom. The molecular formula is C25H25N3O2S2. The van der Waals surface area contributed by atoms with Crippen LogP contribution in [0.3, 0.4) is 0 Å². The van der Waals surface area contributed by atoms with Crippen LogP contribution in [0.5, 0.6) is 5.75 Å². The minimum absolute atomic E-state index is 0.0535. The maximum atomic E-state index is 12.5. The quantitative estimate of drug-likeness (QED) is 0.459. The SMILES string of the molecule is COc1ccc(SCCC(=O)Nc2sc3c(c2C#N)CCN(Cc2ccccc2)C3)cc1. The number of carbonyl (C=O) groups excluding carboxylic acids is 1. The van der Waals surface area contributed by atoms with Gasteiger partial charge in [-0.2, -0.15) is 5.26 Å². The van der Waals surface area contributed by atoms with Gasteiger partial charge < -0.3 is 10.1 Å². The zero-order valence-electron chi connectivity index (χ0n) is 18.0. The number of carbonyl (C=O) groups is 1. The van der Waals surface area contributed by atoms with Gasteiger partial charge in [-0.3, -0.25) is 9.69 Å². The third-order valence-electron chi connectivity index (χ3n) is 5.41. The molecule has 0 fully saturated rings. The molecule has 1 aliphatic heterocycles. The number of thiophene rings is 1. The summed E-state index contributed by atoms with van der Waals surface area (Å²) in [5, 5.41) is 13.4. The molecule has 4 rings (SSSR count). The van der Waals surface area contributed by atoms with Crippen LogP contribution in [0.25, 0.3) is 0 Å². The first kappa shape index (κ1) is 22.4. The number of ether oxygens (including phenoxy) is 1. The fraction of sp³-hybridized carbons (Fsp3) is 0.280. The highest BCUT2D eigenvalue weighted by atomic mass is 32.2. The molecule has 3 aromatic rings. The Morgan fingerprint density at radius 2 is 2.00 bits per heavy atom. The highest BCUT2D eigenvalue weighted by Crippen LogP contribution is 2.37. The van der Waals surface area contributed by atoms with E-state index in [0.717, 1.165) is 42.3 Å². The second-order valence-corrected chi connectivity index (χ2v) is 9.86. The van der Waals surface area contributed by atoms with E-state index in [9.17, 15) is 10.1 Å². The highest BCUT2D eigenvalue weighted by molar-refractivity contribution is 7.99. The molecule has 1 aromatic heterocycles. The zero-order chi connectivity index (χ0) is 22.3. The Hall–Kier alpha value is -2.79. The number of hydrogen-bond acceptors (Lipinski definition) is 6. The Bertz CT molecular complexity index is 1100. The molecule has 7 heteroatoms. The minimum atomic E-state index is -0.0535. The molecule has 0 atom stereocenters. The van der Waals surface area contributed by atoms with Crippen LogP contribution >= 0.6 is 23.1 Å². The number of thioether (sulfide) groups is 1. The van der Waals surface area contributed by atoms with Crippen molar-refractivity contribution in [1.82, 2.24) is 4.90 Å². The number of rotatable bonds is 8. The molecule has 164 valence electrons. The van der Waals surface area contributed by atoms with E-state index in [4.69, 9.17) is 4.74 Å². The number of fused-ring (bicyclic) bond motifs is 1. The molecule has 32 heavy (non-hydrogen) atoms. The molecule has 2 heterocycles. The summed E-state index contributed by atoms with van der Waals surface area (Å²) in [6, 6.07) is 20.6. The fourth-order valence-electron chi connectivity index (χ4n) is 3.76. The molecule has 0 spiro atoms. The maximum absolute atomic E-state index is 12.5. The van der Waals surface area contributed by atoms with Crippen molar-refractivity contribution in [3.63, 3.8) is 0 Å². The molecular weight excluding hydrogens is 438 g/mol. The first-order valence-corrected chi connectivity index (χ1v) is 12.3. The van der Waals surface area contributed by atoms with Crippen LogP contribution in [0.4, 0.5) is 5.00 Å². The lowest BCUT2D eigenvalue weighted by Crippen LogP contribution is -2.29. The van der Waals surface area contributed by atoms with Crippen LogP contribution in [0.15, 0.2) is 59.5 Å². The minimum Gasteiger partial charge on any atom is -0.497 e. The summed E-state index contributed by atoms with van der Waals surface area (Å²) in [5.41, 5.74) is 3.03. The third kappa shape index (κ3) is 5.52. The Kier molecular flexibility index (Phi) is 7.48. The molecule has 0 saturated carbocycles. The molecule has 5 nitrogen and oxygen atoms in total. The fourth-order valence-corrected chi connectivity index (χ4v) is 5.87. The maximum Gasteiger partial charge on any atom is 0.225 e. The van der Waals surface area contributed by atoms with E-state index >= 15 is 0 Å².